The molecule has 122 valence electrons. The molecule has 0 bridgehead atoms. The number of carboxylic acid groups (broad SMARTS) is 1. The van der Waals surface area contributed by atoms with Crippen molar-refractivity contribution >= 4 is 5.97 Å². The Hall–Kier alpha value is -2.21. The highest BCUT2D eigenvalue weighted by molar-refractivity contribution is 5.75. The van der Waals surface area contributed by atoms with Crippen LogP contribution in [0.25, 0.3) is 0 Å². The van der Waals surface area contributed by atoms with Crippen LogP contribution in [0.5, 0.6) is 0 Å². The van der Waals surface area contributed by atoms with Gasteiger partial charge in [-0.2, -0.15) is 5.10 Å². The minimum absolute atomic E-state index is 0.167. The van der Waals surface area contributed by atoms with Crippen LogP contribution in [0.15, 0.2) is 24.3 Å². The van der Waals surface area contributed by atoms with E-state index in [2.05, 4.69) is 5.10 Å². The van der Waals surface area contributed by atoms with Crippen molar-refractivity contribution in [2.24, 2.45) is 0 Å². The van der Waals surface area contributed by atoms with Gasteiger partial charge in [0.25, 0.3) is 0 Å². The Labute approximate surface area is 134 Å². The normalized spacial score (nSPS) is 17.0. The Kier molecular flexibility index (Phi) is 3.93. The Balaban J connectivity index is 1.78. The number of nitrogens with zero attached hydrogens (tertiary/aromatic N) is 3. The number of hydrogen-bond acceptors (Lipinski definition) is 3. The van der Waals surface area contributed by atoms with E-state index in [0.717, 1.165) is 11.4 Å². The number of carbonyl (C=O) groups is 1. The zero-order valence-electron chi connectivity index (χ0n) is 13.5. The second kappa shape index (κ2) is 5.77. The standard InChI is InChI=1S/C17H20FN3O2/c1-10-4-5-13(7-15(10)18)16(17(22)23)20-8-14(9-20)21-12(3)6-11(2)19-21/h4-7,14,16H,8-9H2,1-3H3,(H,22,23). The summed E-state index contributed by atoms with van der Waals surface area (Å²) in [5.41, 5.74) is 3.02. The van der Waals surface area contributed by atoms with Crippen LogP contribution < -0.4 is 0 Å². The van der Waals surface area contributed by atoms with Crippen molar-refractivity contribution in [2.75, 3.05) is 13.1 Å². The molecule has 2 heterocycles. The zero-order chi connectivity index (χ0) is 16.7. The van der Waals surface area contributed by atoms with Gasteiger partial charge >= 0.3 is 5.97 Å². The fourth-order valence-corrected chi connectivity index (χ4v) is 3.16. The summed E-state index contributed by atoms with van der Waals surface area (Å²) in [6.45, 7) is 6.78. The molecule has 1 fully saturated rings. The Bertz CT molecular complexity index is 750. The molecule has 1 atom stereocenters. The molecule has 23 heavy (non-hydrogen) atoms. The fraction of sp³-hybridized carbons (Fsp3) is 0.412. The van der Waals surface area contributed by atoms with Crippen LogP contribution in [-0.4, -0.2) is 38.8 Å². The molecule has 1 saturated heterocycles. The number of rotatable bonds is 4. The molecule has 1 aromatic carbocycles. The summed E-state index contributed by atoms with van der Waals surface area (Å²) in [6.07, 6.45) is 0. The van der Waals surface area contributed by atoms with E-state index in [4.69, 9.17) is 0 Å². The van der Waals surface area contributed by atoms with Crippen molar-refractivity contribution in [3.63, 3.8) is 0 Å². The molecule has 0 spiro atoms. The van der Waals surface area contributed by atoms with Gasteiger partial charge in [-0.15, -0.1) is 0 Å². The molecule has 1 aliphatic rings. The van der Waals surface area contributed by atoms with Gasteiger partial charge in [0, 0.05) is 18.8 Å². The maximum atomic E-state index is 13.8. The Morgan fingerprint density at radius 2 is 2.00 bits per heavy atom. The zero-order valence-corrected chi connectivity index (χ0v) is 13.5. The average Bonchev–Trinajstić information content (AvgIpc) is 2.75. The van der Waals surface area contributed by atoms with E-state index in [1.807, 2.05) is 29.5 Å². The first-order valence-electron chi connectivity index (χ1n) is 7.62. The van der Waals surface area contributed by atoms with Crippen LogP contribution >= 0.6 is 0 Å². The maximum absolute atomic E-state index is 13.8. The highest BCUT2D eigenvalue weighted by Crippen LogP contribution is 2.32. The molecule has 0 radical (unpaired) electrons. The first-order valence-corrected chi connectivity index (χ1v) is 7.62. The molecule has 5 nitrogen and oxygen atoms in total. The van der Waals surface area contributed by atoms with Gasteiger partial charge in [0.05, 0.1) is 11.7 Å². The summed E-state index contributed by atoms with van der Waals surface area (Å²) < 4.78 is 15.7. The lowest BCUT2D eigenvalue weighted by atomic mass is 9.98. The Morgan fingerprint density at radius 1 is 1.30 bits per heavy atom. The van der Waals surface area contributed by atoms with Crippen LogP contribution in [0.3, 0.4) is 0 Å². The van der Waals surface area contributed by atoms with Crippen molar-refractivity contribution in [1.82, 2.24) is 14.7 Å². The second-order valence-corrected chi connectivity index (χ2v) is 6.23. The minimum atomic E-state index is -0.958. The quantitative estimate of drug-likeness (QED) is 0.942. The monoisotopic (exact) mass is 317 g/mol. The molecule has 1 aromatic heterocycles. The van der Waals surface area contributed by atoms with Crippen molar-refractivity contribution < 1.29 is 14.3 Å². The first kappa shape index (κ1) is 15.7. The largest absolute Gasteiger partial charge is 0.480 e. The lowest BCUT2D eigenvalue weighted by Gasteiger charge is -2.43. The third-order valence-corrected chi connectivity index (χ3v) is 4.39. The van der Waals surface area contributed by atoms with E-state index < -0.39 is 12.0 Å². The summed E-state index contributed by atoms with van der Waals surface area (Å²) in [7, 11) is 0. The van der Waals surface area contributed by atoms with Gasteiger partial charge in [0.1, 0.15) is 11.9 Å². The van der Waals surface area contributed by atoms with E-state index in [9.17, 15) is 14.3 Å². The first-order chi connectivity index (χ1) is 10.9. The van der Waals surface area contributed by atoms with Crippen LogP contribution in [0.1, 0.15) is 34.6 Å². The molecule has 0 saturated carbocycles. The predicted octanol–water partition coefficient (Wildman–Crippen LogP) is 2.63. The van der Waals surface area contributed by atoms with Gasteiger partial charge in [-0.25, -0.2) is 4.39 Å². The molecule has 2 aromatic rings. The molecule has 1 unspecified atom stereocenters. The van der Waals surface area contributed by atoms with Gasteiger partial charge in [-0.05, 0) is 44.0 Å². The van der Waals surface area contributed by atoms with Gasteiger partial charge in [0.15, 0.2) is 0 Å². The van der Waals surface area contributed by atoms with Crippen LogP contribution in [0.4, 0.5) is 4.39 Å². The fourth-order valence-electron chi connectivity index (χ4n) is 3.16. The van der Waals surface area contributed by atoms with Gasteiger partial charge < -0.3 is 5.11 Å². The Morgan fingerprint density at radius 3 is 2.52 bits per heavy atom. The molecule has 1 aliphatic heterocycles. The molecular formula is C17H20FN3O2. The number of carboxylic acids is 1. The third kappa shape index (κ3) is 2.86. The number of aromatic nitrogens is 2. The summed E-state index contributed by atoms with van der Waals surface area (Å²) in [5.74, 6) is -1.33. The molecule has 1 N–H and O–H groups in total. The summed E-state index contributed by atoms with van der Waals surface area (Å²) in [6, 6.07) is 5.99. The van der Waals surface area contributed by atoms with Crippen molar-refractivity contribution in [3.8, 4) is 0 Å². The van der Waals surface area contributed by atoms with E-state index >= 15 is 0 Å². The van der Waals surface area contributed by atoms with Crippen LogP contribution in [0, 0.1) is 26.6 Å². The molecule has 3 rings (SSSR count). The third-order valence-electron chi connectivity index (χ3n) is 4.39. The average molecular weight is 317 g/mol. The smallest absolute Gasteiger partial charge is 0.325 e. The topological polar surface area (TPSA) is 58.4 Å². The second-order valence-electron chi connectivity index (χ2n) is 6.23. The summed E-state index contributed by atoms with van der Waals surface area (Å²) in [5, 5.41) is 14.0. The van der Waals surface area contributed by atoms with E-state index in [-0.39, 0.29) is 11.9 Å². The molecule has 0 aliphatic carbocycles. The number of benzene rings is 1. The summed E-state index contributed by atoms with van der Waals surface area (Å²) in [4.78, 5) is 13.5. The SMILES string of the molecule is Cc1cc(C)n(C2CN(C(C(=O)O)c3ccc(C)c(F)c3)C2)n1. The van der Waals surface area contributed by atoms with Gasteiger partial charge in [-0.3, -0.25) is 14.4 Å². The minimum Gasteiger partial charge on any atom is -0.480 e. The highest BCUT2D eigenvalue weighted by atomic mass is 19.1. The highest BCUT2D eigenvalue weighted by Gasteiger charge is 2.38. The molecule has 0 amide bonds. The molecule has 6 heteroatoms. The van der Waals surface area contributed by atoms with Crippen molar-refractivity contribution in [2.45, 2.75) is 32.9 Å². The summed E-state index contributed by atoms with van der Waals surface area (Å²) >= 11 is 0. The lowest BCUT2D eigenvalue weighted by Crippen LogP contribution is -2.51. The van der Waals surface area contributed by atoms with E-state index in [1.54, 1.807) is 19.1 Å². The number of hydrogen-bond donors (Lipinski definition) is 1. The van der Waals surface area contributed by atoms with Gasteiger partial charge in [0.2, 0.25) is 0 Å². The lowest BCUT2D eigenvalue weighted by molar-refractivity contribution is -0.146. The predicted molar refractivity (Wildman–Crippen MR) is 83.8 cm³/mol. The van der Waals surface area contributed by atoms with Crippen LogP contribution in [-0.2, 0) is 4.79 Å². The van der Waals surface area contributed by atoms with E-state index in [1.165, 1.54) is 6.07 Å². The van der Waals surface area contributed by atoms with Crippen LogP contribution in [0.2, 0.25) is 0 Å². The van der Waals surface area contributed by atoms with Crippen molar-refractivity contribution in [1.29, 1.82) is 0 Å². The van der Waals surface area contributed by atoms with E-state index in [0.29, 0.717) is 24.2 Å². The number of halogens is 1. The molecular weight excluding hydrogens is 297 g/mol. The van der Waals surface area contributed by atoms with Crippen molar-refractivity contribution in [3.05, 3.63) is 52.6 Å². The number of aryl methyl sites for hydroxylation is 3. The number of aliphatic carboxylic acids is 1. The van der Waals surface area contributed by atoms with Gasteiger partial charge in [-0.1, -0.05) is 12.1 Å². The maximum Gasteiger partial charge on any atom is 0.325 e. The number of likely N-dealkylation sites (tertiary alicyclic amines) is 1.